The second-order valence-corrected chi connectivity index (χ2v) is 7.11. The molecule has 6 nitrogen and oxygen atoms in total. The lowest BCUT2D eigenvalue weighted by molar-refractivity contribution is -0.149. The Balaban J connectivity index is 1.85. The van der Waals surface area contributed by atoms with Crippen molar-refractivity contribution in [1.82, 2.24) is 0 Å². The van der Waals surface area contributed by atoms with E-state index in [1.165, 1.54) is 18.4 Å². The number of esters is 2. The number of nitriles is 1. The van der Waals surface area contributed by atoms with Crippen molar-refractivity contribution in [2.75, 3.05) is 13.2 Å². The average molecular weight is 446 g/mol. The third-order valence-corrected chi connectivity index (χ3v) is 4.78. The first-order chi connectivity index (χ1) is 16.0. The molecular formula is C27H27NO5. The van der Waals surface area contributed by atoms with Gasteiger partial charge < -0.3 is 14.2 Å². The number of rotatable bonds is 11. The van der Waals surface area contributed by atoms with Crippen LogP contribution in [0.3, 0.4) is 0 Å². The molecule has 0 aliphatic carbocycles. The molecular weight excluding hydrogens is 418 g/mol. The third-order valence-electron chi connectivity index (χ3n) is 4.78. The second kappa shape index (κ2) is 13.3. The predicted molar refractivity (Wildman–Crippen MR) is 126 cm³/mol. The molecule has 2 aromatic rings. The Morgan fingerprint density at radius 2 is 1.70 bits per heavy atom. The Morgan fingerprint density at radius 3 is 2.27 bits per heavy atom. The quantitative estimate of drug-likeness (QED) is 0.116. The molecule has 0 heterocycles. The van der Waals surface area contributed by atoms with E-state index < -0.39 is 5.97 Å². The van der Waals surface area contributed by atoms with E-state index in [2.05, 4.69) is 12.6 Å². The molecule has 0 N–H and O–H groups in total. The molecule has 0 aliphatic heterocycles. The third kappa shape index (κ3) is 8.15. The molecule has 0 saturated carbocycles. The monoisotopic (exact) mass is 445 g/mol. The highest BCUT2D eigenvalue weighted by atomic mass is 16.6. The molecule has 2 rings (SSSR count). The maximum Gasteiger partial charge on any atom is 0.343 e. The topological polar surface area (TPSA) is 85.6 Å². The Bertz CT molecular complexity index is 1040. The first-order valence-electron chi connectivity index (χ1n) is 10.6. The normalized spacial score (nSPS) is 12.0. The summed E-state index contributed by atoms with van der Waals surface area (Å²) in [5.74, 6) is -0.528. The molecule has 0 bridgehead atoms. The van der Waals surface area contributed by atoms with Crippen molar-refractivity contribution in [2.45, 2.75) is 20.3 Å². The van der Waals surface area contributed by atoms with Crippen LogP contribution in [0.15, 0.2) is 85.2 Å². The number of carbonyl (C=O) groups is 2. The van der Waals surface area contributed by atoms with Crippen molar-refractivity contribution in [3.8, 4) is 22.9 Å². The van der Waals surface area contributed by atoms with Gasteiger partial charge in [-0.05, 0) is 54.0 Å². The lowest BCUT2D eigenvalue weighted by atomic mass is 10.0. The number of allylic oxidation sites excluding steroid dienone is 2. The van der Waals surface area contributed by atoms with Gasteiger partial charge in [0, 0.05) is 0 Å². The zero-order chi connectivity index (χ0) is 24.1. The predicted octanol–water partition coefficient (Wildman–Crippen LogP) is 5.36. The first kappa shape index (κ1) is 25.2. The zero-order valence-corrected chi connectivity index (χ0v) is 18.8. The maximum atomic E-state index is 12.4. The Hall–Kier alpha value is -4.11. The summed E-state index contributed by atoms with van der Waals surface area (Å²) in [5, 5.41) is 8.89. The van der Waals surface area contributed by atoms with Crippen molar-refractivity contribution in [3.63, 3.8) is 0 Å². The van der Waals surface area contributed by atoms with Gasteiger partial charge in [-0.25, -0.2) is 4.79 Å². The van der Waals surface area contributed by atoms with Crippen LogP contribution < -0.4 is 4.74 Å². The Kier molecular flexibility index (Phi) is 10.2. The summed E-state index contributed by atoms with van der Waals surface area (Å²) in [6.45, 7) is 7.75. The number of carbonyl (C=O) groups excluding carboxylic acids is 2. The molecule has 0 aromatic heterocycles. The molecule has 0 fully saturated rings. The van der Waals surface area contributed by atoms with Crippen LogP contribution in [0.25, 0.3) is 11.1 Å². The van der Waals surface area contributed by atoms with E-state index in [-0.39, 0.29) is 30.7 Å². The number of ether oxygens (including phenoxy) is 3. The van der Waals surface area contributed by atoms with Crippen LogP contribution in [0.5, 0.6) is 5.75 Å². The summed E-state index contributed by atoms with van der Waals surface area (Å²) < 4.78 is 15.7. The highest BCUT2D eigenvalue weighted by Gasteiger charge is 2.11. The van der Waals surface area contributed by atoms with E-state index in [1.807, 2.05) is 38.1 Å². The summed E-state index contributed by atoms with van der Waals surface area (Å²) in [5.41, 5.74) is 2.75. The summed E-state index contributed by atoms with van der Waals surface area (Å²) >= 11 is 0. The van der Waals surface area contributed by atoms with Crippen molar-refractivity contribution in [3.05, 3.63) is 90.7 Å². The maximum absolute atomic E-state index is 12.4. The van der Waals surface area contributed by atoms with Gasteiger partial charge in [-0.3, -0.25) is 4.79 Å². The number of nitrogens with zero attached hydrogens (tertiary/aromatic N) is 1. The van der Waals surface area contributed by atoms with Crippen LogP contribution >= 0.6 is 0 Å². The van der Waals surface area contributed by atoms with Gasteiger partial charge in [0.1, 0.15) is 19.0 Å². The summed E-state index contributed by atoms with van der Waals surface area (Å²) in [6.07, 6.45) is 6.59. The van der Waals surface area contributed by atoms with Crippen LogP contribution in [0.1, 0.15) is 25.8 Å². The number of hydrogen-bond acceptors (Lipinski definition) is 6. The molecule has 0 saturated heterocycles. The molecule has 0 amide bonds. The van der Waals surface area contributed by atoms with Gasteiger partial charge in [0.05, 0.1) is 29.4 Å². The van der Waals surface area contributed by atoms with Crippen molar-refractivity contribution < 1.29 is 23.8 Å². The smallest absolute Gasteiger partial charge is 0.343 e. The first-order valence-corrected chi connectivity index (χ1v) is 10.6. The zero-order valence-electron chi connectivity index (χ0n) is 18.8. The Labute approximate surface area is 194 Å². The van der Waals surface area contributed by atoms with Crippen molar-refractivity contribution >= 4 is 11.9 Å². The van der Waals surface area contributed by atoms with E-state index in [4.69, 9.17) is 19.5 Å². The minimum Gasteiger partial charge on any atom is -0.498 e. The van der Waals surface area contributed by atoms with Gasteiger partial charge in [0.2, 0.25) is 0 Å². The minimum atomic E-state index is -0.553. The SMILES string of the molecule is C=C/C(=C\C=C\OCCOC(=O)C(C)CC)C(=O)Oc1ccc(-c2ccc(C#N)cc2)cc1. The van der Waals surface area contributed by atoms with E-state index in [9.17, 15) is 9.59 Å². The van der Waals surface area contributed by atoms with Gasteiger partial charge >= 0.3 is 11.9 Å². The van der Waals surface area contributed by atoms with E-state index in [1.54, 1.807) is 30.3 Å². The molecule has 0 aliphatic rings. The molecule has 33 heavy (non-hydrogen) atoms. The van der Waals surface area contributed by atoms with Gasteiger partial charge in [0.15, 0.2) is 0 Å². The van der Waals surface area contributed by atoms with Crippen LogP contribution in [0.4, 0.5) is 0 Å². The fourth-order valence-electron chi connectivity index (χ4n) is 2.60. The largest absolute Gasteiger partial charge is 0.498 e. The van der Waals surface area contributed by atoms with Crippen LogP contribution in [-0.2, 0) is 19.1 Å². The van der Waals surface area contributed by atoms with Gasteiger partial charge in [-0.15, -0.1) is 0 Å². The van der Waals surface area contributed by atoms with E-state index in [0.29, 0.717) is 11.3 Å². The molecule has 1 unspecified atom stereocenters. The summed E-state index contributed by atoms with van der Waals surface area (Å²) in [6, 6.07) is 16.4. The van der Waals surface area contributed by atoms with Gasteiger partial charge in [-0.2, -0.15) is 5.26 Å². The highest BCUT2D eigenvalue weighted by Crippen LogP contribution is 2.23. The van der Waals surface area contributed by atoms with E-state index >= 15 is 0 Å². The summed E-state index contributed by atoms with van der Waals surface area (Å²) in [4.78, 5) is 23.9. The van der Waals surface area contributed by atoms with Crippen molar-refractivity contribution in [2.24, 2.45) is 5.92 Å². The summed E-state index contributed by atoms with van der Waals surface area (Å²) in [7, 11) is 0. The van der Waals surface area contributed by atoms with Crippen LogP contribution in [0, 0.1) is 17.2 Å². The average Bonchev–Trinajstić information content (AvgIpc) is 2.85. The number of hydrogen-bond donors (Lipinski definition) is 0. The van der Waals surface area contributed by atoms with E-state index in [0.717, 1.165) is 17.5 Å². The second-order valence-electron chi connectivity index (χ2n) is 7.11. The van der Waals surface area contributed by atoms with Crippen LogP contribution in [0.2, 0.25) is 0 Å². The standard InChI is InChI=1S/C27H27NO5/c1-4-20(3)26(29)32-18-17-31-16-6-7-22(5-2)27(30)33-25-14-12-24(13-15-25)23-10-8-21(19-28)9-11-23/h5-16,20H,2,4,17-18H2,1,3H3/b16-6+,22-7+. The lowest BCUT2D eigenvalue weighted by Crippen LogP contribution is -2.16. The molecule has 6 heteroatoms. The van der Waals surface area contributed by atoms with Gasteiger partial charge in [0.25, 0.3) is 0 Å². The molecule has 2 aromatic carbocycles. The van der Waals surface area contributed by atoms with Gasteiger partial charge in [-0.1, -0.05) is 50.8 Å². The minimum absolute atomic E-state index is 0.128. The fraction of sp³-hybridized carbons (Fsp3) is 0.222. The molecule has 0 radical (unpaired) electrons. The highest BCUT2D eigenvalue weighted by molar-refractivity contribution is 5.93. The Morgan fingerprint density at radius 1 is 1.06 bits per heavy atom. The van der Waals surface area contributed by atoms with Crippen molar-refractivity contribution in [1.29, 1.82) is 5.26 Å². The van der Waals surface area contributed by atoms with Crippen LogP contribution in [-0.4, -0.2) is 25.2 Å². The fourth-order valence-corrected chi connectivity index (χ4v) is 2.60. The number of benzene rings is 2. The molecule has 1 atom stereocenters. The molecule has 0 spiro atoms. The molecule has 170 valence electrons. The lowest BCUT2D eigenvalue weighted by Gasteiger charge is -2.08.